The molecule has 0 aliphatic carbocycles. The lowest BCUT2D eigenvalue weighted by atomic mass is 9.34. The minimum atomic E-state index is -1.97. The number of anilines is 3. The first-order valence-corrected chi connectivity index (χ1v) is 24.3. The van der Waals surface area contributed by atoms with E-state index in [2.05, 4.69) is 228 Å². The molecule has 3 heterocycles. The predicted molar refractivity (Wildman–Crippen MR) is 265 cm³/mol. The van der Waals surface area contributed by atoms with Crippen LogP contribution in [0.3, 0.4) is 0 Å². The van der Waals surface area contributed by atoms with E-state index in [1.54, 1.807) is 0 Å². The van der Waals surface area contributed by atoms with Gasteiger partial charge in [0.25, 0.3) is 0 Å². The van der Waals surface area contributed by atoms with Crippen LogP contribution in [0.4, 0.5) is 17.1 Å². The molecule has 0 radical (unpaired) electrons. The van der Waals surface area contributed by atoms with E-state index in [4.69, 9.17) is 4.74 Å². The number of para-hydroxylation sites is 4. The molecule has 0 fully saturated rings. The maximum absolute atomic E-state index is 6.69. The van der Waals surface area contributed by atoms with Crippen LogP contribution in [0.25, 0.3) is 0 Å². The van der Waals surface area contributed by atoms with Gasteiger partial charge in [-0.3, -0.25) is 0 Å². The SMILES string of the molecule is CC(C)c1cc(C(C)C)c(B2c3ccccc3[SiH](c3ccccc3)c3cc(N4c5ccccc5C5(c6ccccc6Oc6ccccc65)c5ccccc54)ccc32)c(C(C)C)c1. The highest BCUT2D eigenvalue weighted by Gasteiger charge is 2.51. The molecule has 1 spiro atoms. The molecule has 2 nitrogen and oxygen atoms in total. The standard InChI is InChI=1S/C58H52BNOSi/c1-37(2)40-34-43(38(3)4)57(44(35-40)39(5)6)59-49-26-14-19-31-55(49)62(42-20-8-7-9-21-42)56-36-41(32-33-50(56)59)60-51-27-15-10-22-45(51)58(46-23-11-16-28-52(46)60)47-24-12-17-29-53(47)61-54-30-18-13-25-48(54)58/h7-39,62H,1-6H3. The van der Waals surface area contributed by atoms with Crippen LogP contribution >= 0.6 is 0 Å². The summed E-state index contributed by atoms with van der Waals surface area (Å²) in [6.07, 6.45) is 0. The van der Waals surface area contributed by atoms with E-state index >= 15 is 0 Å². The third-order valence-electron chi connectivity index (χ3n) is 14.1. The van der Waals surface area contributed by atoms with E-state index < -0.39 is 14.2 Å². The molecule has 3 aliphatic heterocycles. The Morgan fingerprint density at radius 1 is 0.468 bits per heavy atom. The van der Waals surface area contributed by atoms with Crippen LogP contribution in [0, 0.1) is 0 Å². The van der Waals surface area contributed by atoms with Crippen LogP contribution in [-0.4, -0.2) is 15.5 Å². The van der Waals surface area contributed by atoms with E-state index in [1.165, 1.54) is 88.0 Å². The fourth-order valence-corrected chi connectivity index (χ4v) is 14.8. The van der Waals surface area contributed by atoms with Crippen molar-refractivity contribution in [2.24, 2.45) is 0 Å². The van der Waals surface area contributed by atoms with Crippen LogP contribution in [0.5, 0.6) is 11.5 Å². The second kappa shape index (κ2) is 14.9. The topological polar surface area (TPSA) is 12.5 Å². The molecule has 8 aromatic rings. The van der Waals surface area contributed by atoms with Crippen LogP contribution < -0.4 is 41.6 Å². The molecule has 11 rings (SSSR count). The first-order valence-electron chi connectivity index (χ1n) is 22.6. The number of fused-ring (bicyclic) bond motifs is 10. The molecule has 1 unspecified atom stereocenters. The summed E-state index contributed by atoms with van der Waals surface area (Å²) < 4.78 is 6.69. The summed E-state index contributed by atoms with van der Waals surface area (Å²) in [6, 6.07) is 69.0. The Kier molecular flexibility index (Phi) is 9.28. The van der Waals surface area contributed by atoms with Crippen LogP contribution in [0.1, 0.15) is 98.2 Å². The number of hydrogen-bond acceptors (Lipinski definition) is 2. The van der Waals surface area contributed by atoms with E-state index in [0.717, 1.165) is 11.5 Å². The molecule has 3 aliphatic rings. The molecule has 302 valence electrons. The van der Waals surface area contributed by atoms with Crippen molar-refractivity contribution < 1.29 is 4.74 Å². The average molecular weight is 818 g/mol. The highest BCUT2D eigenvalue weighted by molar-refractivity contribution is 7.11. The summed E-state index contributed by atoms with van der Waals surface area (Å²) in [5.41, 5.74) is 16.7. The molecule has 62 heavy (non-hydrogen) atoms. The zero-order valence-electron chi connectivity index (χ0n) is 36.6. The number of nitrogens with zero attached hydrogens (tertiary/aromatic N) is 1. The number of hydrogen-bond donors (Lipinski definition) is 0. The van der Waals surface area contributed by atoms with Crippen molar-refractivity contribution in [3.05, 3.63) is 221 Å². The van der Waals surface area contributed by atoms with Crippen LogP contribution in [0.15, 0.2) is 182 Å². The van der Waals surface area contributed by atoms with Gasteiger partial charge in [-0.1, -0.05) is 219 Å². The molecular weight excluding hydrogens is 766 g/mol. The van der Waals surface area contributed by atoms with Gasteiger partial charge in [-0.25, -0.2) is 0 Å². The molecule has 0 amide bonds. The Morgan fingerprint density at radius 3 is 1.55 bits per heavy atom. The van der Waals surface area contributed by atoms with Gasteiger partial charge in [0.2, 0.25) is 6.71 Å². The summed E-state index contributed by atoms with van der Waals surface area (Å²) in [4.78, 5) is 2.55. The highest BCUT2D eigenvalue weighted by atomic mass is 28.3. The van der Waals surface area contributed by atoms with Crippen molar-refractivity contribution in [2.45, 2.75) is 64.7 Å². The van der Waals surface area contributed by atoms with E-state index in [9.17, 15) is 0 Å². The maximum atomic E-state index is 6.69. The van der Waals surface area contributed by atoms with Gasteiger partial charge in [0.05, 0.1) is 16.8 Å². The van der Waals surface area contributed by atoms with Crippen molar-refractivity contribution in [2.75, 3.05) is 4.90 Å². The minimum Gasteiger partial charge on any atom is -0.457 e. The van der Waals surface area contributed by atoms with Gasteiger partial charge in [0.1, 0.15) is 20.3 Å². The lowest BCUT2D eigenvalue weighted by molar-refractivity contribution is 0.434. The monoisotopic (exact) mass is 817 g/mol. The fourth-order valence-electron chi connectivity index (χ4n) is 11.3. The molecule has 0 bridgehead atoms. The Balaban J connectivity index is 1.19. The van der Waals surface area contributed by atoms with Crippen molar-refractivity contribution in [3.63, 3.8) is 0 Å². The summed E-state index contributed by atoms with van der Waals surface area (Å²) in [6.45, 7) is 14.4. The second-order valence-corrected chi connectivity index (χ2v) is 21.3. The zero-order chi connectivity index (χ0) is 42.3. The van der Waals surface area contributed by atoms with Gasteiger partial charge >= 0.3 is 0 Å². The molecule has 8 aromatic carbocycles. The molecule has 0 saturated carbocycles. The van der Waals surface area contributed by atoms with Gasteiger partial charge in [0, 0.05) is 16.8 Å². The molecule has 0 saturated heterocycles. The summed E-state index contributed by atoms with van der Waals surface area (Å²) >= 11 is 0. The molecule has 0 N–H and O–H groups in total. The third kappa shape index (κ3) is 5.69. The van der Waals surface area contributed by atoms with Gasteiger partial charge in [-0.15, -0.1) is 0 Å². The summed E-state index contributed by atoms with van der Waals surface area (Å²) in [5, 5.41) is 4.49. The minimum absolute atomic E-state index is 0.123. The summed E-state index contributed by atoms with van der Waals surface area (Å²) in [7, 11) is -1.97. The normalized spacial score (nSPS) is 15.4. The lowest BCUT2D eigenvalue weighted by Crippen LogP contribution is -2.75. The molecular formula is C58H52BNOSi. The fraction of sp³-hybridized carbons (Fsp3) is 0.172. The second-order valence-electron chi connectivity index (χ2n) is 18.5. The Bertz CT molecular complexity index is 2900. The largest absolute Gasteiger partial charge is 0.457 e. The van der Waals surface area contributed by atoms with Gasteiger partial charge in [0.15, 0.2) is 0 Å². The predicted octanol–water partition coefficient (Wildman–Crippen LogP) is 10.4. The zero-order valence-corrected chi connectivity index (χ0v) is 37.7. The van der Waals surface area contributed by atoms with Crippen molar-refractivity contribution in [3.8, 4) is 11.5 Å². The van der Waals surface area contributed by atoms with Crippen molar-refractivity contribution in [1.29, 1.82) is 0 Å². The molecule has 4 heteroatoms. The first kappa shape index (κ1) is 38.6. The third-order valence-corrected chi connectivity index (χ3v) is 17.4. The highest BCUT2D eigenvalue weighted by Crippen LogP contribution is 2.62. The Morgan fingerprint density at radius 2 is 0.968 bits per heavy atom. The Labute approximate surface area is 369 Å². The molecule has 1 atom stereocenters. The van der Waals surface area contributed by atoms with Crippen LogP contribution in [0.2, 0.25) is 0 Å². The van der Waals surface area contributed by atoms with Gasteiger partial charge in [-0.05, 0) is 82.0 Å². The quantitative estimate of drug-likeness (QED) is 0.155. The average Bonchev–Trinajstić information content (AvgIpc) is 3.30. The lowest BCUT2D eigenvalue weighted by Gasteiger charge is -2.48. The van der Waals surface area contributed by atoms with E-state index in [0.29, 0.717) is 17.8 Å². The van der Waals surface area contributed by atoms with E-state index in [1.807, 2.05) is 0 Å². The smallest absolute Gasteiger partial charge is 0.241 e. The number of benzene rings is 8. The van der Waals surface area contributed by atoms with Gasteiger partial charge in [-0.2, -0.15) is 0 Å². The Hall–Kier alpha value is -6.36. The first-order chi connectivity index (χ1) is 30.3. The maximum Gasteiger partial charge on any atom is 0.241 e. The summed E-state index contributed by atoms with van der Waals surface area (Å²) in [5.74, 6) is 3.04. The van der Waals surface area contributed by atoms with E-state index in [-0.39, 0.29) is 6.71 Å². The van der Waals surface area contributed by atoms with Crippen molar-refractivity contribution >= 4 is 64.5 Å². The van der Waals surface area contributed by atoms with Crippen molar-refractivity contribution in [1.82, 2.24) is 0 Å². The number of rotatable bonds is 6. The molecule has 0 aromatic heterocycles. The number of ether oxygens (including phenoxy) is 1. The van der Waals surface area contributed by atoms with Gasteiger partial charge < -0.3 is 9.64 Å². The van der Waals surface area contributed by atoms with Crippen LogP contribution in [-0.2, 0) is 5.41 Å².